The Balaban J connectivity index is 2.10. The number of amides is 1. The summed E-state index contributed by atoms with van der Waals surface area (Å²) in [6.45, 7) is 0.789. The summed E-state index contributed by atoms with van der Waals surface area (Å²) in [5.74, 6) is 0.369. The van der Waals surface area contributed by atoms with Crippen molar-refractivity contribution in [2.45, 2.75) is 31.8 Å². The van der Waals surface area contributed by atoms with Gasteiger partial charge in [-0.1, -0.05) is 6.07 Å². The van der Waals surface area contributed by atoms with Crippen LogP contribution in [0.15, 0.2) is 23.0 Å². The molecule has 0 radical (unpaired) electrons. The molecule has 0 fully saturated rings. The fourth-order valence-corrected chi connectivity index (χ4v) is 4.05. The summed E-state index contributed by atoms with van der Waals surface area (Å²) in [5, 5.41) is 5.05. The number of carbonyl (C=O) groups excluding carboxylic acids is 1. The number of fused-ring (bicyclic) bond motifs is 1. The van der Waals surface area contributed by atoms with E-state index >= 15 is 0 Å². The van der Waals surface area contributed by atoms with Gasteiger partial charge in [0.25, 0.3) is 5.56 Å². The van der Waals surface area contributed by atoms with Crippen LogP contribution in [0.5, 0.6) is 11.5 Å². The molecule has 0 bridgehead atoms. The molecular weight excluding hydrogens is 380 g/mol. The van der Waals surface area contributed by atoms with Gasteiger partial charge in [-0.15, -0.1) is 11.8 Å². The molecule has 0 aliphatic carbocycles. The molecule has 1 amide bonds. The smallest absolute Gasteiger partial charge is 0.387 e. The first-order valence-corrected chi connectivity index (χ1v) is 9.25. The van der Waals surface area contributed by atoms with Crippen molar-refractivity contribution in [3.05, 3.63) is 39.7 Å². The van der Waals surface area contributed by atoms with E-state index in [4.69, 9.17) is 4.74 Å². The van der Waals surface area contributed by atoms with E-state index in [0.29, 0.717) is 16.9 Å². The molecule has 2 aromatic rings. The van der Waals surface area contributed by atoms with Crippen LogP contribution >= 0.6 is 11.8 Å². The number of nitrogens with one attached hydrogen (secondary N) is 2. The second-order valence-corrected chi connectivity index (χ2v) is 7.29. The summed E-state index contributed by atoms with van der Waals surface area (Å²) in [6.07, 6.45) is 0. The highest BCUT2D eigenvalue weighted by Gasteiger charge is 2.31. The molecule has 0 saturated heterocycles. The average Bonchev–Trinajstić information content (AvgIpc) is 2.81. The fraction of sp³-hybridized carbons (Fsp3) is 0.412. The standard InChI is InChI=1S/C17H19F2N3O4S/c1-8(2)22-15-13(16(24)21-22)14(27-7-12(23)20-15)9-4-5-10(26-17(18)19)11(6-9)25-3/h4-6,8,14,17H,7H2,1-3H3,(H,20,23)(H,21,24)/t14-/m0/s1. The Kier molecular flexibility index (Phi) is 5.45. The third-order valence-electron chi connectivity index (χ3n) is 4.09. The van der Waals surface area contributed by atoms with Crippen LogP contribution in [-0.4, -0.2) is 35.2 Å². The molecule has 2 heterocycles. The van der Waals surface area contributed by atoms with Gasteiger partial charge in [-0.25, -0.2) is 0 Å². The van der Waals surface area contributed by atoms with Gasteiger partial charge in [-0.05, 0) is 31.5 Å². The van der Waals surface area contributed by atoms with E-state index in [1.807, 2.05) is 13.8 Å². The number of nitrogens with zero attached hydrogens (tertiary/aromatic N) is 1. The highest BCUT2D eigenvalue weighted by molar-refractivity contribution is 8.00. The van der Waals surface area contributed by atoms with Gasteiger partial charge in [0, 0.05) is 6.04 Å². The Morgan fingerprint density at radius 1 is 1.26 bits per heavy atom. The number of carbonyl (C=O) groups is 1. The maximum Gasteiger partial charge on any atom is 0.387 e. The van der Waals surface area contributed by atoms with Crippen molar-refractivity contribution in [3.63, 3.8) is 0 Å². The number of aromatic amines is 1. The Morgan fingerprint density at radius 2 is 2.00 bits per heavy atom. The van der Waals surface area contributed by atoms with E-state index in [1.54, 1.807) is 16.8 Å². The molecule has 1 atom stereocenters. The van der Waals surface area contributed by atoms with Crippen molar-refractivity contribution in [2.75, 3.05) is 18.2 Å². The summed E-state index contributed by atoms with van der Waals surface area (Å²) >= 11 is 1.28. The number of H-pyrrole nitrogens is 1. The lowest BCUT2D eigenvalue weighted by Crippen LogP contribution is -2.17. The van der Waals surface area contributed by atoms with Gasteiger partial charge >= 0.3 is 6.61 Å². The van der Waals surface area contributed by atoms with E-state index in [2.05, 4.69) is 15.2 Å². The van der Waals surface area contributed by atoms with Crippen LogP contribution < -0.4 is 20.3 Å². The number of benzene rings is 1. The van der Waals surface area contributed by atoms with E-state index in [0.717, 1.165) is 0 Å². The van der Waals surface area contributed by atoms with E-state index in [-0.39, 0.29) is 34.8 Å². The number of rotatable bonds is 5. The number of hydrogen-bond acceptors (Lipinski definition) is 5. The Labute approximate surface area is 158 Å². The minimum atomic E-state index is -2.98. The molecule has 2 N–H and O–H groups in total. The van der Waals surface area contributed by atoms with Crippen molar-refractivity contribution >= 4 is 23.5 Å². The number of methoxy groups -OCH3 is 1. The van der Waals surface area contributed by atoms with Gasteiger partial charge in [0.15, 0.2) is 11.5 Å². The van der Waals surface area contributed by atoms with E-state index in [1.165, 1.54) is 24.9 Å². The minimum Gasteiger partial charge on any atom is -0.493 e. The minimum absolute atomic E-state index is 0.0677. The molecule has 0 unspecified atom stereocenters. The summed E-state index contributed by atoms with van der Waals surface area (Å²) < 4.78 is 36.3. The number of anilines is 1. The summed E-state index contributed by atoms with van der Waals surface area (Å²) in [4.78, 5) is 24.7. The van der Waals surface area contributed by atoms with Crippen LogP contribution in [0.1, 0.15) is 36.3 Å². The van der Waals surface area contributed by atoms with Crippen LogP contribution in [0.25, 0.3) is 0 Å². The predicted octanol–water partition coefficient (Wildman–Crippen LogP) is 3.14. The molecule has 10 heteroatoms. The van der Waals surface area contributed by atoms with Crippen molar-refractivity contribution in [2.24, 2.45) is 0 Å². The molecule has 0 saturated carbocycles. The van der Waals surface area contributed by atoms with Crippen LogP contribution in [-0.2, 0) is 4.79 Å². The van der Waals surface area contributed by atoms with Crippen molar-refractivity contribution < 1.29 is 23.0 Å². The monoisotopic (exact) mass is 399 g/mol. The van der Waals surface area contributed by atoms with Gasteiger partial charge in [0.1, 0.15) is 5.82 Å². The SMILES string of the molecule is COc1cc([C@@H]2SCC(=O)Nc3c2c(=O)[nH]n3C(C)C)ccc1OC(F)F. The third kappa shape index (κ3) is 3.80. The molecule has 7 nitrogen and oxygen atoms in total. The van der Waals surface area contributed by atoms with Gasteiger partial charge in [-0.2, -0.15) is 8.78 Å². The van der Waals surface area contributed by atoms with E-state index in [9.17, 15) is 18.4 Å². The molecular formula is C17H19F2N3O4S. The first-order chi connectivity index (χ1) is 12.8. The molecule has 1 aliphatic rings. The summed E-state index contributed by atoms with van der Waals surface area (Å²) in [7, 11) is 1.34. The van der Waals surface area contributed by atoms with Crippen LogP contribution in [0.3, 0.4) is 0 Å². The van der Waals surface area contributed by atoms with Gasteiger partial charge in [0.05, 0.1) is 23.7 Å². The number of hydrogen-bond donors (Lipinski definition) is 2. The number of thioether (sulfide) groups is 1. The molecule has 27 heavy (non-hydrogen) atoms. The Bertz CT molecular complexity index is 910. The maximum absolute atomic E-state index is 12.6. The first kappa shape index (κ1) is 19.3. The second kappa shape index (κ2) is 7.63. The Morgan fingerprint density at radius 3 is 2.63 bits per heavy atom. The molecule has 3 rings (SSSR count). The molecule has 1 aliphatic heterocycles. The third-order valence-corrected chi connectivity index (χ3v) is 5.36. The zero-order valence-corrected chi connectivity index (χ0v) is 15.7. The largest absolute Gasteiger partial charge is 0.493 e. The van der Waals surface area contributed by atoms with Crippen LogP contribution in [0.4, 0.5) is 14.6 Å². The number of halogens is 2. The summed E-state index contributed by atoms with van der Waals surface area (Å²) in [6, 6.07) is 4.43. The van der Waals surface area contributed by atoms with Gasteiger partial charge in [0.2, 0.25) is 5.91 Å². The topological polar surface area (TPSA) is 85.4 Å². The molecule has 1 aromatic heterocycles. The van der Waals surface area contributed by atoms with E-state index < -0.39 is 11.9 Å². The molecule has 0 spiro atoms. The zero-order valence-electron chi connectivity index (χ0n) is 14.9. The lowest BCUT2D eigenvalue weighted by molar-refractivity contribution is -0.113. The summed E-state index contributed by atoms with van der Waals surface area (Å²) in [5.41, 5.74) is 0.734. The van der Waals surface area contributed by atoms with Crippen molar-refractivity contribution in [1.29, 1.82) is 0 Å². The number of ether oxygens (including phenoxy) is 2. The van der Waals surface area contributed by atoms with Crippen molar-refractivity contribution in [3.8, 4) is 11.5 Å². The average molecular weight is 399 g/mol. The highest BCUT2D eigenvalue weighted by atomic mass is 32.2. The predicted molar refractivity (Wildman–Crippen MR) is 98.0 cm³/mol. The number of aromatic nitrogens is 2. The van der Waals surface area contributed by atoms with Crippen LogP contribution in [0.2, 0.25) is 0 Å². The Hall–Kier alpha value is -2.49. The highest BCUT2D eigenvalue weighted by Crippen LogP contribution is 2.42. The van der Waals surface area contributed by atoms with Gasteiger partial charge < -0.3 is 14.8 Å². The normalized spacial score (nSPS) is 16.9. The first-order valence-electron chi connectivity index (χ1n) is 8.20. The fourth-order valence-electron chi connectivity index (χ4n) is 2.93. The van der Waals surface area contributed by atoms with Crippen molar-refractivity contribution in [1.82, 2.24) is 9.78 Å². The number of alkyl halides is 2. The second-order valence-electron chi connectivity index (χ2n) is 6.19. The lowest BCUT2D eigenvalue weighted by atomic mass is 10.1. The zero-order chi connectivity index (χ0) is 19.7. The molecule has 1 aromatic carbocycles. The maximum atomic E-state index is 12.6. The lowest BCUT2D eigenvalue weighted by Gasteiger charge is -2.17. The molecule has 146 valence electrons. The quantitative estimate of drug-likeness (QED) is 0.807. The van der Waals surface area contributed by atoms with Crippen LogP contribution in [0, 0.1) is 0 Å². The van der Waals surface area contributed by atoms with Gasteiger partial charge in [-0.3, -0.25) is 19.4 Å².